The van der Waals surface area contributed by atoms with E-state index < -0.39 is 0 Å². The van der Waals surface area contributed by atoms with Gasteiger partial charge in [-0.3, -0.25) is 9.89 Å². The molecule has 1 fully saturated rings. The number of amides is 1. The summed E-state index contributed by atoms with van der Waals surface area (Å²) in [5.74, 6) is 1.36. The van der Waals surface area contributed by atoms with Gasteiger partial charge in [-0.1, -0.05) is 46.5 Å². The van der Waals surface area contributed by atoms with E-state index in [9.17, 15) is 4.79 Å². The van der Waals surface area contributed by atoms with Crippen LogP contribution in [0.1, 0.15) is 90.2 Å². The first-order valence-corrected chi connectivity index (χ1v) is 8.79. The molecule has 0 aromatic carbocycles. The summed E-state index contributed by atoms with van der Waals surface area (Å²) in [5.41, 5.74) is 1.54. The fourth-order valence-electron chi connectivity index (χ4n) is 3.17. The molecule has 0 unspecified atom stereocenters. The van der Waals surface area contributed by atoms with Gasteiger partial charge in [0.2, 0.25) is 5.91 Å². The van der Waals surface area contributed by atoms with E-state index in [0.717, 1.165) is 19.3 Å². The zero-order valence-electron chi connectivity index (χ0n) is 14.4. The number of carbonyl (C=O) groups is 1. The summed E-state index contributed by atoms with van der Waals surface area (Å²) in [5, 5.41) is 10.3. The maximum atomic E-state index is 12.0. The first-order valence-electron chi connectivity index (χ1n) is 8.79. The van der Waals surface area contributed by atoms with Crippen LogP contribution in [0.25, 0.3) is 0 Å². The lowest BCUT2D eigenvalue weighted by Crippen LogP contribution is -2.12. The molecule has 22 heavy (non-hydrogen) atoms. The van der Waals surface area contributed by atoms with Gasteiger partial charge in [0.15, 0.2) is 5.82 Å². The molecule has 0 saturated heterocycles. The molecule has 2 rings (SSSR count). The minimum Gasteiger partial charge on any atom is -0.309 e. The normalized spacial score (nSPS) is 16.7. The number of aromatic nitrogens is 2. The largest absolute Gasteiger partial charge is 0.309 e. The average molecular weight is 305 g/mol. The van der Waals surface area contributed by atoms with E-state index in [2.05, 4.69) is 36.3 Å². The van der Waals surface area contributed by atoms with Crippen LogP contribution in [-0.2, 0) is 4.79 Å². The van der Waals surface area contributed by atoms with Crippen molar-refractivity contribution in [1.29, 1.82) is 0 Å². The zero-order chi connectivity index (χ0) is 16.0. The molecule has 4 heteroatoms. The van der Waals surface area contributed by atoms with Gasteiger partial charge >= 0.3 is 0 Å². The van der Waals surface area contributed by atoms with E-state index in [1.54, 1.807) is 0 Å². The van der Waals surface area contributed by atoms with Crippen LogP contribution in [0.4, 0.5) is 5.82 Å². The molecule has 0 bridgehead atoms. The fourth-order valence-corrected chi connectivity index (χ4v) is 3.17. The van der Waals surface area contributed by atoms with Gasteiger partial charge in [0, 0.05) is 24.1 Å². The van der Waals surface area contributed by atoms with E-state index in [1.807, 2.05) is 6.07 Å². The third-order valence-electron chi connectivity index (χ3n) is 4.49. The standard InChI is InChI=1S/C18H31N3O/c1-18(2,3)12-8-7-11-17(22)19-16-13-15(20-21-16)14-9-5-4-6-10-14/h13-14H,4-12H2,1-3H3,(H2,19,20,21,22). The van der Waals surface area contributed by atoms with Gasteiger partial charge in [-0.2, -0.15) is 5.10 Å². The second-order valence-electron chi connectivity index (χ2n) is 7.86. The van der Waals surface area contributed by atoms with E-state index in [-0.39, 0.29) is 5.91 Å². The molecule has 1 saturated carbocycles. The van der Waals surface area contributed by atoms with E-state index in [0.29, 0.717) is 23.6 Å². The topological polar surface area (TPSA) is 57.8 Å². The summed E-state index contributed by atoms with van der Waals surface area (Å²) in [4.78, 5) is 12.0. The van der Waals surface area contributed by atoms with Crippen molar-refractivity contribution in [2.75, 3.05) is 5.32 Å². The number of aromatic amines is 1. The van der Waals surface area contributed by atoms with Crippen molar-refractivity contribution in [2.24, 2.45) is 5.41 Å². The average Bonchev–Trinajstić information content (AvgIpc) is 2.92. The second-order valence-corrected chi connectivity index (χ2v) is 7.86. The van der Waals surface area contributed by atoms with E-state index >= 15 is 0 Å². The Hall–Kier alpha value is -1.32. The van der Waals surface area contributed by atoms with Crippen molar-refractivity contribution < 1.29 is 4.79 Å². The number of rotatable bonds is 6. The van der Waals surface area contributed by atoms with Crippen molar-refractivity contribution >= 4 is 11.7 Å². The highest BCUT2D eigenvalue weighted by Gasteiger charge is 2.18. The molecule has 2 N–H and O–H groups in total. The van der Waals surface area contributed by atoms with Crippen molar-refractivity contribution in [3.05, 3.63) is 11.8 Å². The molecule has 124 valence electrons. The predicted molar refractivity (Wildman–Crippen MR) is 91.0 cm³/mol. The first-order chi connectivity index (χ1) is 10.4. The summed E-state index contributed by atoms with van der Waals surface area (Å²) < 4.78 is 0. The Morgan fingerprint density at radius 3 is 2.68 bits per heavy atom. The van der Waals surface area contributed by atoms with Gasteiger partial charge in [-0.05, 0) is 31.1 Å². The van der Waals surface area contributed by atoms with E-state index in [4.69, 9.17) is 0 Å². The van der Waals surface area contributed by atoms with Gasteiger partial charge in [-0.15, -0.1) is 0 Å². The lowest BCUT2D eigenvalue weighted by atomic mass is 9.87. The molecule has 0 radical (unpaired) electrons. The predicted octanol–water partition coefficient (Wildman–Crippen LogP) is 5.00. The molecule has 4 nitrogen and oxygen atoms in total. The van der Waals surface area contributed by atoms with Crippen LogP contribution in [0.2, 0.25) is 0 Å². The SMILES string of the molecule is CC(C)(C)CCCCC(=O)Nc1cc(C2CCCCC2)[nH]n1. The highest BCUT2D eigenvalue weighted by atomic mass is 16.1. The van der Waals surface area contributed by atoms with Crippen LogP contribution < -0.4 is 5.32 Å². The molecule has 0 aliphatic heterocycles. The van der Waals surface area contributed by atoms with Crippen molar-refractivity contribution in [3.8, 4) is 0 Å². The number of hydrogen-bond donors (Lipinski definition) is 2. The lowest BCUT2D eigenvalue weighted by molar-refractivity contribution is -0.116. The van der Waals surface area contributed by atoms with Crippen molar-refractivity contribution in [2.45, 2.75) is 84.5 Å². The molecule has 1 aromatic rings. The Morgan fingerprint density at radius 2 is 2.00 bits per heavy atom. The Kier molecular flexibility index (Phi) is 6.04. The third kappa shape index (κ3) is 5.82. The Balaban J connectivity index is 1.71. The van der Waals surface area contributed by atoms with Gasteiger partial charge in [0.1, 0.15) is 0 Å². The van der Waals surface area contributed by atoms with Crippen LogP contribution in [-0.4, -0.2) is 16.1 Å². The maximum absolute atomic E-state index is 12.0. The minimum absolute atomic E-state index is 0.0793. The van der Waals surface area contributed by atoms with Gasteiger partial charge in [0.25, 0.3) is 0 Å². The molecule has 0 atom stereocenters. The first kappa shape index (κ1) is 17.0. The summed E-state index contributed by atoms with van der Waals surface area (Å²) in [6.45, 7) is 6.72. The molecule has 1 aliphatic carbocycles. The Bertz CT molecular complexity index is 467. The van der Waals surface area contributed by atoms with Crippen molar-refractivity contribution in [1.82, 2.24) is 10.2 Å². The Labute approximate surface area is 134 Å². The van der Waals surface area contributed by atoms with Crippen LogP contribution in [0.5, 0.6) is 0 Å². The van der Waals surface area contributed by atoms with Crippen LogP contribution in [0, 0.1) is 5.41 Å². The zero-order valence-corrected chi connectivity index (χ0v) is 14.4. The smallest absolute Gasteiger partial charge is 0.225 e. The van der Waals surface area contributed by atoms with Gasteiger partial charge < -0.3 is 5.32 Å². The van der Waals surface area contributed by atoms with Crippen LogP contribution in [0.15, 0.2) is 6.07 Å². The number of nitrogens with one attached hydrogen (secondary N) is 2. The van der Waals surface area contributed by atoms with Gasteiger partial charge in [0.05, 0.1) is 0 Å². The molecule has 1 heterocycles. The second kappa shape index (κ2) is 7.80. The number of anilines is 1. The molecule has 1 amide bonds. The minimum atomic E-state index is 0.0793. The van der Waals surface area contributed by atoms with Gasteiger partial charge in [-0.25, -0.2) is 0 Å². The summed E-state index contributed by atoms with van der Waals surface area (Å²) in [6, 6.07) is 2.02. The number of carbonyl (C=O) groups excluding carboxylic acids is 1. The molecular weight excluding hydrogens is 274 g/mol. The van der Waals surface area contributed by atoms with Crippen molar-refractivity contribution in [3.63, 3.8) is 0 Å². The van der Waals surface area contributed by atoms with Crippen LogP contribution in [0.3, 0.4) is 0 Å². The van der Waals surface area contributed by atoms with E-state index in [1.165, 1.54) is 37.8 Å². The Morgan fingerprint density at radius 1 is 1.27 bits per heavy atom. The quantitative estimate of drug-likeness (QED) is 0.726. The summed E-state index contributed by atoms with van der Waals surface area (Å²) in [6.07, 6.45) is 10.2. The number of H-pyrrole nitrogens is 1. The number of nitrogens with zero attached hydrogens (tertiary/aromatic N) is 1. The fraction of sp³-hybridized carbons (Fsp3) is 0.778. The molecule has 1 aromatic heterocycles. The van der Waals surface area contributed by atoms with Crippen LogP contribution >= 0.6 is 0 Å². The maximum Gasteiger partial charge on any atom is 0.225 e. The highest BCUT2D eigenvalue weighted by Crippen LogP contribution is 2.32. The highest BCUT2D eigenvalue weighted by molar-refractivity contribution is 5.89. The molecule has 0 spiro atoms. The lowest BCUT2D eigenvalue weighted by Gasteiger charge is -2.19. The molecular formula is C18H31N3O. The molecule has 1 aliphatic rings. The number of unbranched alkanes of at least 4 members (excludes halogenated alkanes) is 1. The number of hydrogen-bond acceptors (Lipinski definition) is 2. The summed E-state index contributed by atoms with van der Waals surface area (Å²) in [7, 11) is 0. The third-order valence-corrected chi connectivity index (χ3v) is 4.49. The summed E-state index contributed by atoms with van der Waals surface area (Å²) >= 11 is 0. The monoisotopic (exact) mass is 305 g/mol.